The number of nitriles is 1. The quantitative estimate of drug-likeness (QED) is 0.113. The molecule has 5 aromatic carbocycles. The Morgan fingerprint density at radius 3 is 1.82 bits per heavy atom. The first kappa shape index (κ1) is 32.4. The van der Waals surface area contributed by atoms with Gasteiger partial charge in [0, 0.05) is 35.5 Å². The zero-order chi connectivity index (χ0) is 34.0. The van der Waals surface area contributed by atoms with Gasteiger partial charge in [0.15, 0.2) is 0 Å². The average Bonchev–Trinajstić information content (AvgIpc) is 3.16. The molecule has 0 spiro atoms. The van der Waals surface area contributed by atoms with Crippen molar-refractivity contribution in [2.75, 3.05) is 22.9 Å². The fourth-order valence-corrected chi connectivity index (χ4v) is 5.88. The van der Waals surface area contributed by atoms with Gasteiger partial charge in [-0.3, -0.25) is 0 Å². The SMILES string of the molecule is [C-]#[N+]C(C#N)=C1C=C(C=Cc2ccc(N(CC)CC)cc2)OC(C=Cc2ccc(N(c3ccccc3)c3cccc4ccccc34)cc2)=C1. The summed E-state index contributed by atoms with van der Waals surface area (Å²) in [5.74, 6) is 1.08. The lowest BCUT2D eigenvalue weighted by atomic mass is 10.1. The topological polar surface area (TPSA) is 43.9 Å². The normalized spacial score (nSPS) is 13.7. The Morgan fingerprint density at radius 1 is 0.673 bits per heavy atom. The van der Waals surface area contributed by atoms with Crippen LogP contribution >= 0.6 is 0 Å². The maximum Gasteiger partial charge on any atom is 0.269 e. The highest BCUT2D eigenvalue weighted by Crippen LogP contribution is 2.38. The molecule has 0 aliphatic carbocycles. The first-order chi connectivity index (χ1) is 24.1. The molecule has 6 rings (SSSR count). The van der Waals surface area contributed by atoms with E-state index in [-0.39, 0.29) is 5.70 Å². The molecule has 0 saturated carbocycles. The zero-order valence-corrected chi connectivity index (χ0v) is 27.6. The number of ether oxygens (including phenoxy) is 1. The van der Waals surface area contributed by atoms with Crippen molar-refractivity contribution in [2.24, 2.45) is 0 Å². The molecule has 5 nitrogen and oxygen atoms in total. The number of para-hydroxylation sites is 1. The van der Waals surface area contributed by atoms with Crippen molar-refractivity contribution < 1.29 is 4.74 Å². The molecule has 1 aliphatic rings. The number of hydrogen-bond donors (Lipinski definition) is 0. The number of fused-ring (bicyclic) bond motifs is 1. The van der Waals surface area contributed by atoms with Crippen LogP contribution in [-0.4, -0.2) is 13.1 Å². The molecule has 0 N–H and O–H groups in total. The molecule has 0 fully saturated rings. The maximum absolute atomic E-state index is 9.61. The Labute approximate surface area is 288 Å². The van der Waals surface area contributed by atoms with Crippen molar-refractivity contribution in [3.05, 3.63) is 191 Å². The molecular weight excluding hydrogens is 601 g/mol. The van der Waals surface area contributed by atoms with Crippen LogP contribution in [0.15, 0.2) is 168 Å². The third-order valence-corrected chi connectivity index (χ3v) is 8.40. The van der Waals surface area contributed by atoms with Crippen LogP contribution in [0.4, 0.5) is 22.7 Å². The van der Waals surface area contributed by atoms with Gasteiger partial charge in [-0.2, -0.15) is 0 Å². The van der Waals surface area contributed by atoms with Gasteiger partial charge in [0.25, 0.3) is 5.70 Å². The van der Waals surface area contributed by atoms with Gasteiger partial charge in [0.05, 0.1) is 18.3 Å². The second kappa shape index (κ2) is 15.4. The minimum Gasteiger partial charge on any atom is -0.457 e. The number of anilines is 4. The Morgan fingerprint density at radius 2 is 1.22 bits per heavy atom. The second-order valence-corrected chi connectivity index (χ2v) is 11.4. The molecule has 238 valence electrons. The van der Waals surface area contributed by atoms with Crippen molar-refractivity contribution in [3.8, 4) is 6.07 Å². The van der Waals surface area contributed by atoms with E-state index < -0.39 is 0 Å². The zero-order valence-electron chi connectivity index (χ0n) is 27.6. The van der Waals surface area contributed by atoms with Gasteiger partial charge in [0.2, 0.25) is 0 Å². The van der Waals surface area contributed by atoms with Crippen LogP contribution in [0.2, 0.25) is 0 Å². The first-order valence-corrected chi connectivity index (χ1v) is 16.4. The van der Waals surface area contributed by atoms with Crippen molar-refractivity contribution >= 4 is 45.7 Å². The van der Waals surface area contributed by atoms with Crippen molar-refractivity contribution in [1.29, 1.82) is 5.26 Å². The van der Waals surface area contributed by atoms with Crippen molar-refractivity contribution in [2.45, 2.75) is 13.8 Å². The number of nitrogens with zero attached hydrogens (tertiary/aromatic N) is 4. The predicted octanol–water partition coefficient (Wildman–Crippen LogP) is 11.4. The van der Waals surface area contributed by atoms with Gasteiger partial charge in [-0.05, 0) is 103 Å². The molecule has 5 heteroatoms. The van der Waals surface area contributed by atoms with Crippen molar-refractivity contribution in [1.82, 2.24) is 0 Å². The van der Waals surface area contributed by atoms with E-state index in [1.807, 2.05) is 36.4 Å². The third-order valence-electron chi connectivity index (χ3n) is 8.40. The lowest BCUT2D eigenvalue weighted by Gasteiger charge is -2.27. The Balaban J connectivity index is 1.25. The van der Waals surface area contributed by atoms with E-state index in [9.17, 15) is 5.26 Å². The van der Waals surface area contributed by atoms with E-state index in [2.05, 4.69) is 144 Å². The van der Waals surface area contributed by atoms with Crippen LogP contribution in [0.5, 0.6) is 0 Å². The molecule has 1 aliphatic heterocycles. The van der Waals surface area contributed by atoms with E-state index in [0.717, 1.165) is 41.3 Å². The Hall–Kier alpha value is -6.56. The molecule has 1 heterocycles. The summed E-state index contributed by atoms with van der Waals surface area (Å²) in [4.78, 5) is 8.01. The monoisotopic (exact) mass is 636 g/mol. The van der Waals surface area contributed by atoms with Crippen LogP contribution in [0.1, 0.15) is 25.0 Å². The van der Waals surface area contributed by atoms with Gasteiger partial charge in [-0.1, -0.05) is 91.0 Å². The molecule has 0 atom stereocenters. The molecule has 0 radical (unpaired) electrons. The maximum atomic E-state index is 9.61. The standard InChI is InChI=1S/C44H36N4O/c1-4-47(5-2)37-24-18-33(19-25-37)22-28-40-30-36(43(32-45)46-3)31-41(49-40)29-23-34-20-26-39(27-21-34)48(38-14-7-6-8-15-38)44-17-11-13-35-12-9-10-16-42(35)44/h6-31H,4-5H2,1-2H3. The smallest absolute Gasteiger partial charge is 0.269 e. The van der Waals surface area contributed by atoms with Crippen LogP contribution in [-0.2, 0) is 4.74 Å². The number of allylic oxidation sites excluding steroid dienone is 6. The molecule has 0 amide bonds. The predicted molar refractivity (Wildman–Crippen MR) is 203 cm³/mol. The molecule has 49 heavy (non-hydrogen) atoms. The van der Waals surface area contributed by atoms with Gasteiger partial charge in [-0.25, -0.2) is 10.1 Å². The summed E-state index contributed by atoms with van der Waals surface area (Å²) in [6, 6.07) is 44.0. The van der Waals surface area contributed by atoms with E-state index in [4.69, 9.17) is 11.3 Å². The van der Waals surface area contributed by atoms with Crippen LogP contribution in [0, 0.1) is 17.9 Å². The third kappa shape index (κ3) is 7.54. The summed E-state index contributed by atoms with van der Waals surface area (Å²) in [6.07, 6.45) is 11.1. The van der Waals surface area contributed by atoms with E-state index in [0.29, 0.717) is 17.1 Å². The molecule has 0 unspecified atom stereocenters. The largest absolute Gasteiger partial charge is 0.457 e. The van der Waals surface area contributed by atoms with Crippen LogP contribution in [0.3, 0.4) is 0 Å². The first-order valence-electron chi connectivity index (χ1n) is 16.4. The number of benzene rings is 5. The summed E-state index contributed by atoms with van der Waals surface area (Å²) in [7, 11) is 0. The fourth-order valence-electron chi connectivity index (χ4n) is 5.88. The summed E-state index contributed by atoms with van der Waals surface area (Å²) in [6.45, 7) is 13.7. The summed E-state index contributed by atoms with van der Waals surface area (Å²) >= 11 is 0. The highest BCUT2D eigenvalue weighted by Gasteiger charge is 2.15. The lowest BCUT2D eigenvalue weighted by Crippen LogP contribution is -2.21. The Bertz CT molecular complexity index is 2150. The van der Waals surface area contributed by atoms with Crippen molar-refractivity contribution in [3.63, 3.8) is 0 Å². The Kier molecular flexibility index (Phi) is 10.1. The number of rotatable bonds is 10. The van der Waals surface area contributed by atoms with E-state index in [1.54, 1.807) is 12.2 Å². The molecule has 0 saturated heterocycles. The summed E-state index contributed by atoms with van der Waals surface area (Å²) in [5, 5.41) is 12.0. The average molecular weight is 637 g/mol. The van der Waals surface area contributed by atoms with E-state index >= 15 is 0 Å². The van der Waals surface area contributed by atoms with Crippen LogP contribution < -0.4 is 9.80 Å². The minimum absolute atomic E-state index is 0.0162. The summed E-state index contributed by atoms with van der Waals surface area (Å²) in [5.41, 5.74) is 6.93. The van der Waals surface area contributed by atoms with Gasteiger partial charge in [-0.15, -0.1) is 0 Å². The van der Waals surface area contributed by atoms with Crippen LogP contribution in [0.25, 0.3) is 27.8 Å². The van der Waals surface area contributed by atoms with Gasteiger partial charge < -0.3 is 14.5 Å². The second-order valence-electron chi connectivity index (χ2n) is 11.4. The highest BCUT2D eigenvalue weighted by atomic mass is 16.5. The highest BCUT2D eigenvalue weighted by molar-refractivity contribution is 5.98. The summed E-state index contributed by atoms with van der Waals surface area (Å²) < 4.78 is 6.20. The molecule has 0 bridgehead atoms. The molecule has 0 aromatic heterocycles. The van der Waals surface area contributed by atoms with Gasteiger partial charge >= 0.3 is 0 Å². The molecular formula is C44H36N4O. The fraction of sp³-hybridized carbons (Fsp3) is 0.0909. The number of hydrogen-bond acceptors (Lipinski definition) is 4. The van der Waals surface area contributed by atoms with E-state index in [1.165, 1.54) is 16.5 Å². The minimum atomic E-state index is 0.0162. The lowest BCUT2D eigenvalue weighted by molar-refractivity contribution is 0.332. The molecule has 5 aromatic rings. The van der Waals surface area contributed by atoms with Gasteiger partial charge in [0.1, 0.15) is 11.5 Å².